The van der Waals surface area contributed by atoms with E-state index in [9.17, 15) is 0 Å². The number of hydrogen-bond donors (Lipinski definition) is 0. The van der Waals surface area contributed by atoms with E-state index in [1.165, 1.54) is 6.42 Å². The van der Waals surface area contributed by atoms with Crippen LogP contribution in [0.5, 0.6) is 0 Å². The van der Waals surface area contributed by atoms with Crippen molar-refractivity contribution in [2.45, 2.75) is 32.0 Å². The molecule has 3 aromatic rings. The van der Waals surface area contributed by atoms with E-state index in [1.54, 1.807) is 25.2 Å². The molecule has 4 rings (SSSR count). The first kappa shape index (κ1) is 13.2. The molecule has 1 saturated heterocycles. The molecule has 8 heteroatoms. The molecule has 0 aromatic carbocycles. The topological polar surface area (TPSA) is 86.0 Å². The minimum absolute atomic E-state index is 0.422. The second-order valence-electron chi connectivity index (χ2n) is 5.41. The normalized spacial score (nSPS) is 19.0. The monoisotopic (exact) mass is 300 g/mol. The average Bonchev–Trinajstić information content (AvgIpc) is 3.28. The van der Waals surface area contributed by atoms with Crippen LogP contribution in [0.15, 0.2) is 40.2 Å². The first-order chi connectivity index (χ1) is 10.9. The predicted octanol–water partition coefficient (Wildman–Crippen LogP) is 1.59. The van der Waals surface area contributed by atoms with Gasteiger partial charge in [0.25, 0.3) is 0 Å². The van der Waals surface area contributed by atoms with Crippen LogP contribution in [0, 0.1) is 0 Å². The zero-order chi connectivity index (χ0) is 14.8. The molecule has 1 fully saturated rings. The van der Waals surface area contributed by atoms with Crippen molar-refractivity contribution in [2.75, 3.05) is 6.54 Å². The fourth-order valence-corrected chi connectivity index (χ4v) is 2.85. The third-order valence-corrected chi connectivity index (χ3v) is 3.95. The molecule has 0 saturated carbocycles. The second kappa shape index (κ2) is 5.72. The van der Waals surface area contributed by atoms with E-state index >= 15 is 0 Å². The Labute approximate surface area is 126 Å². The van der Waals surface area contributed by atoms with E-state index < -0.39 is 0 Å². The van der Waals surface area contributed by atoms with Crippen molar-refractivity contribution >= 4 is 0 Å². The SMILES string of the molecule is c1ncn(C[C@@H]2CCCN2Cc2nc(-c3ccoc3)no2)n1. The number of aromatic nitrogens is 5. The fourth-order valence-electron chi connectivity index (χ4n) is 2.85. The molecule has 8 nitrogen and oxygen atoms in total. The zero-order valence-corrected chi connectivity index (χ0v) is 12.0. The Bertz CT molecular complexity index is 706. The molecule has 0 unspecified atom stereocenters. The Morgan fingerprint density at radius 1 is 1.36 bits per heavy atom. The van der Waals surface area contributed by atoms with Gasteiger partial charge in [-0.2, -0.15) is 10.1 Å². The molecular weight excluding hydrogens is 284 g/mol. The molecule has 0 radical (unpaired) electrons. The summed E-state index contributed by atoms with van der Waals surface area (Å²) in [6, 6.07) is 2.24. The van der Waals surface area contributed by atoms with Crippen LogP contribution in [0.3, 0.4) is 0 Å². The highest BCUT2D eigenvalue weighted by Gasteiger charge is 2.27. The molecule has 1 atom stereocenters. The van der Waals surface area contributed by atoms with Crippen LogP contribution in [-0.4, -0.2) is 42.4 Å². The lowest BCUT2D eigenvalue weighted by molar-refractivity contribution is 0.192. The molecule has 0 bridgehead atoms. The van der Waals surface area contributed by atoms with Crippen LogP contribution in [0.1, 0.15) is 18.7 Å². The maximum atomic E-state index is 5.35. The highest BCUT2D eigenvalue weighted by atomic mass is 16.5. The average molecular weight is 300 g/mol. The molecule has 0 aliphatic carbocycles. The van der Waals surface area contributed by atoms with Crippen molar-refractivity contribution < 1.29 is 8.94 Å². The van der Waals surface area contributed by atoms with Crippen LogP contribution in [0.25, 0.3) is 11.4 Å². The lowest BCUT2D eigenvalue weighted by atomic mass is 10.2. The van der Waals surface area contributed by atoms with Gasteiger partial charge in [-0.15, -0.1) is 0 Å². The van der Waals surface area contributed by atoms with E-state index in [2.05, 4.69) is 25.1 Å². The Balaban J connectivity index is 1.44. The number of likely N-dealkylation sites (tertiary alicyclic amines) is 1. The molecule has 1 aliphatic heterocycles. The van der Waals surface area contributed by atoms with Crippen molar-refractivity contribution in [3.8, 4) is 11.4 Å². The minimum atomic E-state index is 0.422. The Hall–Kier alpha value is -2.48. The highest BCUT2D eigenvalue weighted by Crippen LogP contribution is 2.22. The molecule has 1 aliphatic rings. The maximum Gasteiger partial charge on any atom is 0.241 e. The van der Waals surface area contributed by atoms with E-state index in [0.29, 0.717) is 24.3 Å². The van der Waals surface area contributed by atoms with Gasteiger partial charge in [0.05, 0.1) is 24.9 Å². The Kier molecular flexibility index (Phi) is 3.43. The van der Waals surface area contributed by atoms with Crippen molar-refractivity contribution in [2.24, 2.45) is 0 Å². The summed E-state index contributed by atoms with van der Waals surface area (Å²) in [6.07, 6.45) is 8.83. The molecule has 0 N–H and O–H groups in total. The number of furan rings is 1. The van der Waals surface area contributed by atoms with E-state index in [-0.39, 0.29) is 0 Å². The van der Waals surface area contributed by atoms with Crippen LogP contribution in [0.4, 0.5) is 0 Å². The quantitative estimate of drug-likeness (QED) is 0.707. The molecule has 22 heavy (non-hydrogen) atoms. The molecule has 0 spiro atoms. The molecule has 114 valence electrons. The van der Waals surface area contributed by atoms with Gasteiger partial charge in [0.2, 0.25) is 11.7 Å². The number of hydrogen-bond acceptors (Lipinski definition) is 7. The van der Waals surface area contributed by atoms with Crippen molar-refractivity contribution in [1.29, 1.82) is 0 Å². The molecular formula is C14H16N6O2. The Morgan fingerprint density at radius 3 is 3.18 bits per heavy atom. The van der Waals surface area contributed by atoms with Gasteiger partial charge in [0.15, 0.2) is 0 Å². The maximum absolute atomic E-state index is 5.35. The largest absolute Gasteiger partial charge is 0.472 e. The van der Waals surface area contributed by atoms with Gasteiger partial charge in [-0.3, -0.25) is 9.58 Å². The van der Waals surface area contributed by atoms with Crippen LogP contribution < -0.4 is 0 Å². The van der Waals surface area contributed by atoms with Gasteiger partial charge < -0.3 is 8.94 Å². The van der Waals surface area contributed by atoms with Crippen molar-refractivity contribution in [3.05, 3.63) is 37.1 Å². The van der Waals surface area contributed by atoms with E-state index in [4.69, 9.17) is 8.94 Å². The Morgan fingerprint density at radius 2 is 2.36 bits per heavy atom. The zero-order valence-electron chi connectivity index (χ0n) is 12.0. The van der Waals surface area contributed by atoms with Crippen LogP contribution in [-0.2, 0) is 13.1 Å². The number of nitrogens with zero attached hydrogens (tertiary/aromatic N) is 6. The molecule has 0 amide bonds. The predicted molar refractivity (Wildman–Crippen MR) is 75.5 cm³/mol. The fraction of sp³-hybridized carbons (Fsp3) is 0.429. The summed E-state index contributed by atoms with van der Waals surface area (Å²) in [4.78, 5) is 10.8. The summed E-state index contributed by atoms with van der Waals surface area (Å²) >= 11 is 0. The minimum Gasteiger partial charge on any atom is -0.472 e. The van der Waals surface area contributed by atoms with Gasteiger partial charge in [-0.05, 0) is 25.5 Å². The smallest absolute Gasteiger partial charge is 0.241 e. The summed E-state index contributed by atoms with van der Waals surface area (Å²) < 4.78 is 12.3. The first-order valence-electron chi connectivity index (χ1n) is 7.30. The van der Waals surface area contributed by atoms with Gasteiger partial charge in [0.1, 0.15) is 18.9 Å². The second-order valence-corrected chi connectivity index (χ2v) is 5.41. The van der Waals surface area contributed by atoms with Gasteiger partial charge >= 0.3 is 0 Å². The standard InChI is InChI=1S/C14H16N6O2/c1-2-12(6-20-10-15-9-16-20)19(4-1)7-13-17-14(18-22-13)11-3-5-21-8-11/h3,5,8-10,12H,1-2,4,6-7H2/t12-/m0/s1. The lowest BCUT2D eigenvalue weighted by Gasteiger charge is -2.22. The highest BCUT2D eigenvalue weighted by molar-refractivity contribution is 5.51. The molecule has 3 aromatic heterocycles. The van der Waals surface area contributed by atoms with Gasteiger partial charge in [0, 0.05) is 6.04 Å². The summed E-state index contributed by atoms with van der Waals surface area (Å²) in [7, 11) is 0. The van der Waals surface area contributed by atoms with Gasteiger partial charge in [-0.25, -0.2) is 4.98 Å². The summed E-state index contributed by atoms with van der Waals surface area (Å²) in [6.45, 7) is 2.52. The lowest BCUT2D eigenvalue weighted by Crippen LogP contribution is -2.32. The van der Waals surface area contributed by atoms with Crippen LogP contribution in [0.2, 0.25) is 0 Å². The third-order valence-electron chi connectivity index (χ3n) is 3.95. The van der Waals surface area contributed by atoms with E-state index in [1.807, 2.05) is 10.7 Å². The summed E-state index contributed by atoms with van der Waals surface area (Å²) in [5.41, 5.74) is 0.829. The van der Waals surface area contributed by atoms with Crippen molar-refractivity contribution in [1.82, 2.24) is 29.8 Å². The number of rotatable bonds is 5. The van der Waals surface area contributed by atoms with Crippen molar-refractivity contribution in [3.63, 3.8) is 0 Å². The van der Waals surface area contributed by atoms with Gasteiger partial charge in [-0.1, -0.05) is 5.16 Å². The summed E-state index contributed by atoms with van der Waals surface area (Å²) in [5.74, 6) is 1.19. The summed E-state index contributed by atoms with van der Waals surface area (Å²) in [5, 5.41) is 8.18. The third kappa shape index (κ3) is 2.64. The van der Waals surface area contributed by atoms with E-state index in [0.717, 1.165) is 25.1 Å². The molecule has 4 heterocycles. The first-order valence-corrected chi connectivity index (χ1v) is 7.30. The van der Waals surface area contributed by atoms with Crippen LogP contribution >= 0.6 is 0 Å².